The molecule has 0 radical (unpaired) electrons. The van der Waals surface area contributed by atoms with E-state index < -0.39 is 5.97 Å². The van der Waals surface area contributed by atoms with Crippen molar-refractivity contribution in [3.8, 4) is 0 Å². The van der Waals surface area contributed by atoms with Crippen LogP contribution in [0.4, 0.5) is 0 Å². The van der Waals surface area contributed by atoms with Crippen LogP contribution in [-0.2, 0) is 6.54 Å². The second-order valence-electron chi connectivity index (χ2n) is 4.65. The lowest BCUT2D eigenvalue weighted by Crippen LogP contribution is -2.18. The SMILES string of the molecule is Cc1sc(C(=O)O)cc1CN[C@@H](C)c1cccc(Cl)c1. The van der Waals surface area contributed by atoms with Gasteiger partial charge >= 0.3 is 5.97 Å². The molecule has 2 aromatic rings. The third-order valence-corrected chi connectivity index (χ3v) is 4.49. The first-order valence-corrected chi connectivity index (χ1v) is 7.48. The smallest absolute Gasteiger partial charge is 0.345 e. The molecule has 2 rings (SSSR count). The molecule has 0 saturated carbocycles. The second kappa shape index (κ2) is 6.39. The molecule has 3 nitrogen and oxygen atoms in total. The Balaban J connectivity index is 2.03. The van der Waals surface area contributed by atoms with E-state index in [0.29, 0.717) is 11.4 Å². The molecule has 0 aliphatic rings. The summed E-state index contributed by atoms with van der Waals surface area (Å²) >= 11 is 7.29. The third-order valence-electron chi connectivity index (χ3n) is 3.18. The summed E-state index contributed by atoms with van der Waals surface area (Å²) < 4.78 is 0. The number of hydrogen-bond acceptors (Lipinski definition) is 3. The highest BCUT2D eigenvalue weighted by Crippen LogP contribution is 2.23. The van der Waals surface area contributed by atoms with Crippen molar-refractivity contribution in [2.45, 2.75) is 26.4 Å². The molecule has 1 aromatic heterocycles. The molecule has 0 unspecified atom stereocenters. The topological polar surface area (TPSA) is 49.3 Å². The van der Waals surface area contributed by atoms with E-state index in [9.17, 15) is 4.79 Å². The fourth-order valence-electron chi connectivity index (χ4n) is 1.96. The Morgan fingerprint density at radius 1 is 1.45 bits per heavy atom. The van der Waals surface area contributed by atoms with Crippen molar-refractivity contribution in [1.82, 2.24) is 5.32 Å². The second-order valence-corrected chi connectivity index (χ2v) is 6.35. The maximum absolute atomic E-state index is 10.9. The van der Waals surface area contributed by atoms with Crippen molar-refractivity contribution >= 4 is 28.9 Å². The van der Waals surface area contributed by atoms with E-state index in [-0.39, 0.29) is 6.04 Å². The molecule has 106 valence electrons. The number of nitrogens with one attached hydrogen (secondary N) is 1. The highest BCUT2D eigenvalue weighted by Gasteiger charge is 2.12. The number of benzene rings is 1. The van der Waals surface area contributed by atoms with Gasteiger partial charge in [-0.05, 0) is 43.2 Å². The van der Waals surface area contributed by atoms with Gasteiger partial charge in [0, 0.05) is 22.5 Å². The number of hydrogen-bond donors (Lipinski definition) is 2. The van der Waals surface area contributed by atoms with Crippen LogP contribution in [-0.4, -0.2) is 11.1 Å². The molecule has 1 aromatic carbocycles. The first-order chi connectivity index (χ1) is 9.47. The number of thiophene rings is 1. The molecule has 0 amide bonds. The van der Waals surface area contributed by atoms with Crippen LogP contribution in [0.5, 0.6) is 0 Å². The number of aromatic carboxylic acids is 1. The van der Waals surface area contributed by atoms with Gasteiger partial charge < -0.3 is 10.4 Å². The van der Waals surface area contributed by atoms with E-state index in [0.717, 1.165) is 21.0 Å². The van der Waals surface area contributed by atoms with Crippen molar-refractivity contribution in [3.63, 3.8) is 0 Å². The van der Waals surface area contributed by atoms with Gasteiger partial charge in [0.15, 0.2) is 0 Å². The molecule has 20 heavy (non-hydrogen) atoms. The molecule has 0 saturated heterocycles. The van der Waals surface area contributed by atoms with Crippen molar-refractivity contribution < 1.29 is 9.90 Å². The Kier molecular flexibility index (Phi) is 4.81. The molecule has 1 heterocycles. The summed E-state index contributed by atoms with van der Waals surface area (Å²) in [5.41, 5.74) is 2.14. The van der Waals surface area contributed by atoms with E-state index in [1.807, 2.05) is 31.2 Å². The highest BCUT2D eigenvalue weighted by molar-refractivity contribution is 7.14. The fraction of sp³-hybridized carbons (Fsp3) is 0.267. The van der Waals surface area contributed by atoms with Crippen LogP contribution < -0.4 is 5.32 Å². The molecule has 2 N–H and O–H groups in total. The van der Waals surface area contributed by atoms with Gasteiger partial charge in [-0.15, -0.1) is 11.3 Å². The van der Waals surface area contributed by atoms with Gasteiger partial charge in [0.25, 0.3) is 0 Å². The number of carboxylic acid groups (broad SMARTS) is 1. The largest absolute Gasteiger partial charge is 0.477 e. The average Bonchev–Trinajstić information content (AvgIpc) is 2.77. The van der Waals surface area contributed by atoms with Crippen molar-refractivity contribution in [2.75, 3.05) is 0 Å². The lowest BCUT2D eigenvalue weighted by atomic mass is 10.1. The van der Waals surface area contributed by atoms with Gasteiger partial charge in [-0.1, -0.05) is 23.7 Å². The number of aryl methyl sites for hydroxylation is 1. The molecular weight excluding hydrogens is 294 g/mol. The minimum absolute atomic E-state index is 0.154. The summed E-state index contributed by atoms with van der Waals surface area (Å²) in [5.74, 6) is -0.868. The first kappa shape index (κ1) is 15.0. The first-order valence-electron chi connectivity index (χ1n) is 6.29. The summed E-state index contributed by atoms with van der Waals surface area (Å²) in [6.07, 6.45) is 0. The molecule has 5 heteroatoms. The van der Waals surface area contributed by atoms with Crippen LogP contribution in [0.1, 0.15) is 38.6 Å². The van der Waals surface area contributed by atoms with Gasteiger partial charge in [0.05, 0.1) is 0 Å². The summed E-state index contributed by atoms with van der Waals surface area (Å²) in [7, 11) is 0. The Bertz CT molecular complexity index is 624. The number of carboxylic acids is 1. The van der Waals surface area contributed by atoms with Crippen LogP contribution in [0.3, 0.4) is 0 Å². The predicted molar refractivity (Wildman–Crippen MR) is 82.7 cm³/mol. The zero-order chi connectivity index (χ0) is 14.7. The van der Waals surface area contributed by atoms with E-state index in [1.54, 1.807) is 6.07 Å². The molecule has 0 fully saturated rings. The monoisotopic (exact) mass is 309 g/mol. The fourth-order valence-corrected chi connectivity index (χ4v) is 3.04. The Morgan fingerprint density at radius 3 is 2.80 bits per heavy atom. The average molecular weight is 310 g/mol. The van der Waals surface area contributed by atoms with Gasteiger partial charge in [-0.2, -0.15) is 0 Å². The quantitative estimate of drug-likeness (QED) is 0.867. The van der Waals surface area contributed by atoms with Crippen LogP contribution in [0.25, 0.3) is 0 Å². The van der Waals surface area contributed by atoms with Crippen LogP contribution in [0.2, 0.25) is 5.02 Å². The summed E-state index contributed by atoms with van der Waals surface area (Å²) in [4.78, 5) is 12.4. The van der Waals surface area contributed by atoms with Gasteiger partial charge in [0.2, 0.25) is 0 Å². The van der Waals surface area contributed by atoms with Crippen molar-refractivity contribution in [1.29, 1.82) is 0 Å². The maximum atomic E-state index is 10.9. The van der Waals surface area contributed by atoms with Crippen molar-refractivity contribution in [2.24, 2.45) is 0 Å². The lowest BCUT2D eigenvalue weighted by Gasteiger charge is -2.14. The van der Waals surface area contributed by atoms with E-state index in [4.69, 9.17) is 16.7 Å². The Hall–Kier alpha value is -1.36. The van der Waals surface area contributed by atoms with E-state index in [1.165, 1.54) is 11.3 Å². The van der Waals surface area contributed by atoms with Crippen molar-refractivity contribution in [3.05, 3.63) is 56.2 Å². The molecule has 0 aliphatic carbocycles. The van der Waals surface area contributed by atoms with Crippen LogP contribution >= 0.6 is 22.9 Å². The third kappa shape index (κ3) is 3.60. The molecule has 0 bridgehead atoms. The van der Waals surface area contributed by atoms with Gasteiger partial charge in [0.1, 0.15) is 4.88 Å². The van der Waals surface area contributed by atoms with Crippen LogP contribution in [0, 0.1) is 6.92 Å². The molecule has 0 spiro atoms. The Labute approximate surface area is 127 Å². The van der Waals surface area contributed by atoms with Gasteiger partial charge in [-0.3, -0.25) is 0 Å². The van der Waals surface area contributed by atoms with Gasteiger partial charge in [-0.25, -0.2) is 4.79 Å². The summed E-state index contributed by atoms with van der Waals surface area (Å²) in [6.45, 7) is 4.65. The van der Waals surface area contributed by atoms with Crippen LogP contribution in [0.15, 0.2) is 30.3 Å². The predicted octanol–water partition coefficient (Wildman–Crippen LogP) is 4.26. The summed E-state index contributed by atoms with van der Waals surface area (Å²) in [5, 5.41) is 13.1. The molecule has 1 atom stereocenters. The number of carbonyl (C=O) groups is 1. The van der Waals surface area contributed by atoms with E-state index >= 15 is 0 Å². The highest BCUT2D eigenvalue weighted by atomic mass is 35.5. The molecule has 0 aliphatic heterocycles. The zero-order valence-corrected chi connectivity index (χ0v) is 12.9. The number of rotatable bonds is 5. The number of halogens is 1. The van der Waals surface area contributed by atoms with E-state index in [2.05, 4.69) is 12.2 Å². The Morgan fingerprint density at radius 2 is 2.20 bits per heavy atom. The minimum atomic E-state index is -0.868. The normalized spacial score (nSPS) is 12.3. The standard InChI is InChI=1S/C15H16ClNO2S/c1-9(11-4-3-5-13(16)6-11)17-8-12-7-14(15(18)19)20-10(12)2/h3-7,9,17H,8H2,1-2H3,(H,18,19)/t9-/m0/s1. The zero-order valence-electron chi connectivity index (χ0n) is 11.3. The molecular formula is C15H16ClNO2S. The maximum Gasteiger partial charge on any atom is 0.345 e. The minimum Gasteiger partial charge on any atom is -0.477 e. The summed E-state index contributed by atoms with van der Waals surface area (Å²) in [6, 6.07) is 9.62. The lowest BCUT2D eigenvalue weighted by molar-refractivity contribution is 0.0702.